The van der Waals surface area contributed by atoms with Gasteiger partial charge in [0.25, 0.3) is 0 Å². The average molecular weight is 506 g/mol. The molecule has 1 saturated heterocycles. The monoisotopic (exact) mass is 505 g/mol. The first-order chi connectivity index (χ1) is 15.6. The summed E-state index contributed by atoms with van der Waals surface area (Å²) in [6.07, 6.45) is 0.422. The van der Waals surface area contributed by atoms with E-state index in [0.29, 0.717) is 28.2 Å². The summed E-state index contributed by atoms with van der Waals surface area (Å²) in [4.78, 5) is 22.3. The molecule has 0 radical (unpaired) electrons. The molecule has 3 heterocycles. The van der Waals surface area contributed by atoms with Crippen molar-refractivity contribution in [3.05, 3.63) is 52.7 Å². The second-order valence-corrected chi connectivity index (χ2v) is 7.91. The van der Waals surface area contributed by atoms with Crippen molar-refractivity contribution in [1.82, 2.24) is 19.4 Å². The molecule has 0 aliphatic carbocycles. The van der Waals surface area contributed by atoms with Gasteiger partial charge in [-0.2, -0.15) is 13.2 Å². The number of aryl methyl sites for hydroxylation is 1. The Morgan fingerprint density at radius 1 is 1.18 bits per heavy atom. The van der Waals surface area contributed by atoms with Gasteiger partial charge in [0.15, 0.2) is 5.76 Å². The molecule has 178 valence electrons. The van der Waals surface area contributed by atoms with Crippen molar-refractivity contribution in [2.45, 2.75) is 12.7 Å². The smallest absolute Gasteiger partial charge is 0.475 e. The summed E-state index contributed by atoms with van der Waals surface area (Å²) in [5.41, 5.74) is 0.762. The molecule has 4 rings (SSSR count). The van der Waals surface area contributed by atoms with Crippen LogP contribution in [0.2, 0.25) is 10.0 Å². The highest BCUT2D eigenvalue weighted by molar-refractivity contribution is 6.43. The van der Waals surface area contributed by atoms with Crippen molar-refractivity contribution < 1.29 is 27.5 Å². The first-order valence-electron chi connectivity index (χ1n) is 9.70. The number of carboxylic acid groups (broad SMARTS) is 1. The molecule has 13 heteroatoms. The lowest BCUT2D eigenvalue weighted by Crippen LogP contribution is -2.46. The number of aliphatic carboxylic acids is 1. The summed E-state index contributed by atoms with van der Waals surface area (Å²) in [5.74, 6) is -0.424. The Hall–Kier alpha value is -2.76. The fourth-order valence-corrected chi connectivity index (χ4v) is 3.56. The molecule has 1 N–H and O–H groups in total. The molecule has 2 aromatic heterocycles. The first kappa shape index (κ1) is 24.9. The van der Waals surface area contributed by atoms with Crippen LogP contribution in [-0.2, 0) is 18.4 Å². The molecular weight excluding hydrogens is 486 g/mol. The summed E-state index contributed by atoms with van der Waals surface area (Å²) in [6.45, 7) is 4.40. The summed E-state index contributed by atoms with van der Waals surface area (Å²) in [5, 5.41) is 8.12. The van der Waals surface area contributed by atoms with Gasteiger partial charge in [-0.1, -0.05) is 29.3 Å². The van der Waals surface area contributed by atoms with E-state index < -0.39 is 12.1 Å². The van der Waals surface area contributed by atoms with Crippen molar-refractivity contribution in [2.24, 2.45) is 7.05 Å². The Morgan fingerprint density at radius 3 is 2.42 bits per heavy atom. The lowest BCUT2D eigenvalue weighted by atomic mass is 10.2. The van der Waals surface area contributed by atoms with E-state index in [2.05, 4.69) is 19.8 Å². The van der Waals surface area contributed by atoms with E-state index in [1.807, 2.05) is 36.1 Å². The second-order valence-electron chi connectivity index (χ2n) is 7.12. The number of halogens is 5. The maximum atomic E-state index is 10.6. The fraction of sp³-hybridized carbons (Fsp3) is 0.350. The van der Waals surface area contributed by atoms with Gasteiger partial charge < -0.3 is 19.0 Å². The van der Waals surface area contributed by atoms with Crippen molar-refractivity contribution in [3.8, 4) is 11.3 Å². The number of hydrogen-bond donors (Lipinski definition) is 1. The third kappa shape index (κ3) is 6.40. The molecule has 1 aliphatic heterocycles. The van der Waals surface area contributed by atoms with Crippen LogP contribution in [0.15, 0.2) is 41.2 Å². The highest BCUT2D eigenvalue weighted by Gasteiger charge is 2.38. The van der Waals surface area contributed by atoms with E-state index >= 15 is 0 Å². The van der Waals surface area contributed by atoms with E-state index in [9.17, 15) is 13.2 Å². The Labute approximate surface area is 197 Å². The predicted molar refractivity (Wildman–Crippen MR) is 116 cm³/mol. The van der Waals surface area contributed by atoms with Crippen LogP contribution >= 0.6 is 23.2 Å². The lowest BCUT2D eigenvalue weighted by molar-refractivity contribution is -0.192. The summed E-state index contributed by atoms with van der Waals surface area (Å²) < 4.78 is 39.7. The van der Waals surface area contributed by atoms with Crippen LogP contribution in [0.1, 0.15) is 5.89 Å². The average Bonchev–Trinajstić information content (AvgIpc) is 3.39. The third-order valence-corrected chi connectivity index (χ3v) is 5.64. The molecule has 1 fully saturated rings. The number of benzene rings is 1. The van der Waals surface area contributed by atoms with E-state index in [1.165, 1.54) is 0 Å². The van der Waals surface area contributed by atoms with Crippen LogP contribution < -0.4 is 4.90 Å². The van der Waals surface area contributed by atoms with Gasteiger partial charge in [-0.25, -0.2) is 14.8 Å². The van der Waals surface area contributed by atoms with Gasteiger partial charge in [0.05, 0.1) is 22.8 Å². The molecule has 3 aromatic rings. The van der Waals surface area contributed by atoms with E-state index in [0.717, 1.165) is 37.7 Å². The topological polar surface area (TPSA) is 87.6 Å². The maximum absolute atomic E-state index is 10.6. The molecule has 0 saturated carbocycles. The Morgan fingerprint density at radius 2 is 1.85 bits per heavy atom. The number of carbonyl (C=O) groups is 1. The zero-order valence-electron chi connectivity index (χ0n) is 17.4. The van der Waals surface area contributed by atoms with Gasteiger partial charge in [-0.05, 0) is 12.1 Å². The van der Waals surface area contributed by atoms with Crippen LogP contribution in [0.5, 0.6) is 0 Å². The van der Waals surface area contributed by atoms with Crippen LogP contribution in [0.4, 0.5) is 19.1 Å². The third-order valence-electron chi connectivity index (χ3n) is 4.82. The minimum absolute atomic E-state index is 0.487. The van der Waals surface area contributed by atoms with Gasteiger partial charge in [0.2, 0.25) is 11.8 Å². The first-order valence-corrected chi connectivity index (χ1v) is 10.5. The number of imidazole rings is 1. The van der Waals surface area contributed by atoms with Gasteiger partial charge in [-0.3, -0.25) is 4.90 Å². The van der Waals surface area contributed by atoms with Crippen LogP contribution in [-0.4, -0.2) is 62.9 Å². The van der Waals surface area contributed by atoms with Crippen molar-refractivity contribution in [1.29, 1.82) is 0 Å². The van der Waals surface area contributed by atoms with E-state index in [1.54, 1.807) is 12.3 Å². The minimum atomic E-state index is -5.08. The quantitative estimate of drug-likeness (QED) is 0.564. The van der Waals surface area contributed by atoms with Gasteiger partial charge in [0.1, 0.15) is 0 Å². The summed E-state index contributed by atoms with van der Waals surface area (Å²) >= 11 is 12.3. The zero-order chi connectivity index (χ0) is 24.2. The molecule has 0 bridgehead atoms. The highest BCUT2D eigenvalue weighted by atomic mass is 35.5. The van der Waals surface area contributed by atoms with Crippen molar-refractivity contribution in [3.63, 3.8) is 0 Å². The fourth-order valence-electron chi connectivity index (χ4n) is 3.16. The molecule has 1 aromatic carbocycles. The molecular formula is C20H20Cl2F3N5O3. The predicted octanol–water partition coefficient (Wildman–Crippen LogP) is 4.34. The van der Waals surface area contributed by atoms with Gasteiger partial charge >= 0.3 is 12.1 Å². The number of anilines is 1. The maximum Gasteiger partial charge on any atom is 0.490 e. The van der Waals surface area contributed by atoms with Gasteiger partial charge in [-0.15, -0.1) is 0 Å². The second kappa shape index (κ2) is 10.4. The van der Waals surface area contributed by atoms with E-state index in [4.69, 9.17) is 37.5 Å². The molecule has 0 spiro atoms. The van der Waals surface area contributed by atoms with Crippen LogP contribution in [0, 0.1) is 0 Å². The SMILES string of the molecule is Cn1ccnc1N1CCN(Cc2ncc(-c3cccc(Cl)c3Cl)o2)CC1.O=C(O)C(F)(F)F. The molecule has 0 amide bonds. The Balaban J connectivity index is 0.000000383. The zero-order valence-corrected chi connectivity index (χ0v) is 18.9. The van der Waals surface area contributed by atoms with Crippen molar-refractivity contribution in [2.75, 3.05) is 31.1 Å². The molecule has 33 heavy (non-hydrogen) atoms. The number of alkyl halides is 3. The van der Waals surface area contributed by atoms with Crippen molar-refractivity contribution >= 4 is 35.1 Å². The summed E-state index contributed by atoms with van der Waals surface area (Å²) in [7, 11) is 2.02. The molecule has 8 nitrogen and oxygen atoms in total. The minimum Gasteiger partial charge on any atom is -0.475 e. The Kier molecular flexibility index (Phi) is 7.88. The number of hydrogen-bond acceptors (Lipinski definition) is 6. The van der Waals surface area contributed by atoms with Crippen LogP contribution in [0.3, 0.4) is 0 Å². The normalized spacial score (nSPS) is 14.7. The number of nitrogens with zero attached hydrogens (tertiary/aromatic N) is 5. The number of rotatable bonds is 4. The van der Waals surface area contributed by atoms with Crippen LogP contribution in [0.25, 0.3) is 11.3 Å². The largest absolute Gasteiger partial charge is 0.490 e. The number of aromatic nitrogens is 3. The lowest BCUT2D eigenvalue weighted by Gasteiger charge is -2.34. The number of carboxylic acids is 1. The van der Waals surface area contributed by atoms with E-state index in [-0.39, 0.29) is 0 Å². The Bertz CT molecular complexity index is 1090. The standard InChI is InChI=1S/C18H19Cl2N5O.C2HF3O2/c1-23-6-5-21-18(23)25-9-7-24(8-10-25)12-16-22-11-15(26-16)13-3-2-4-14(19)17(13)20;3-2(4,5)1(6)7/h2-6,11H,7-10,12H2,1H3;(H,6,7). The number of oxazole rings is 1. The summed E-state index contributed by atoms with van der Waals surface area (Å²) in [6, 6.07) is 5.48. The highest BCUT2D eigenvalue weighted by Crippen LogP contribution is 2.33. The molecule has 1 aliphatic rings. The number of piperazine rings is 1. The van der Waals surface area contributed by atoms with Gasteiger partial charge in [0, 0.05) is 51.2 Å². The molecule has 0 atom stereocenters. The molecule has 0 unspecified atom stereocenters.